The summed E-state index contributed by atoms with van der Waals surface area (Å²) in [5.41, 5.74) is 0.613. The fourth-order valence-electron chi connectivity index (χ4n) is 1.76. The molecule has 0 aliphatic rings. The molecule has 0 radical (unpaired) electrons. The summed E-state index contributed by atoms with van der Waals surface area (Å²) in [6.45, 7) is 3.20. The van der Waals surface area contributed by atoms with E-state index in [0.29, 0.717) is 5.56 Å². The van der Waals surface area contributed by atoms with E-state index in [1.54, 1.807) is 38.1 Å². The number of aliphatic carboxylic acids is 1. The fraction of sp³-hybridized carbons (Fsp3) is 0.417. The molecule has 0 aliphatic heterocycles. The highest BCUT2D eigenvalue weighted by molar-refractivity contribution is 14.1. The molecule has 0 amide bonds. The van der Waals surface area contributed by atoms with E-state index in [2.05, 4.69) is 22.6 Å². The molecule has 18 heavy (non-hydrogen) atoms. The number of hydrogen-bond donors (Lipinski definition) is 1. The van der Waals surface area contributed by atoms with Gasteiger partial charge >= 0.3 is 5.97 Å². The van der Waals surface area contributed by atoms with Crippen molar-refractivity contribution in [3.8, 4) is 0 Å². The van der Waals surface area contributed by atoms with Crippen LogP contribution in [0.1, 0.15) is 19.4 Å². The maximum Gasteiger partial charge on any atom is 0.322 e. The van der Waals surface area contributed by atoms with Crippen molar-refractivity contribution in [1.82, 2.24) is 0 Å². The predicted octanol–water partition coefficient (Wildman–Crippen LogP) is 2.32. The zero-order chi connectivity index (χ0) is 13.9. The Bertz CT molecular complexity index is 520. The summed E-state index contributed by atoms with van der Waals surface area (Å²) in [5, 5.41) is 7.67. The zero-order valence-corrected chi connectivity index (χ0v) is 13.1. The van der Waals surface area contributed by atoms with Crippen molar-refractivity contribution in [1.29, 1.82) is 0 Å². The van der Waals surface area contributed by atoms with Crippen LogP contribution in [0.25, 0.3) is 0 Å². The molecule has 1 rings (SSSR count). The maximum atomic E-state index is 12.1. The van der Waals surface area contributed by atoms with Crippen LogP contribution in [-0.2, 0) is 20.4 Å². The van der Waals surface area contributed by atoms with Crippen LogP contribution in [0, 0.1) is 9.49 Å². The number of carbonyl (C=O) groups is 1. The van der Waals surface area contributed by atoms with Gasteiger partial charge in [0.05, 0.1) is 5.75 Å². The van der Waals surface area contributed by atoms with E-state index < -0.39 is 27.0 Å². The van der Waals surface area contributed by atoms with Gasteiger partial charge in [-0.25, -0.2) is 8.42 Å². The Hall–Kier alpha value is -0.630. The second-order valence-electron chi connectivity index (χ2n) is 4.44. The third-order valence-electron chi connectivity index (χ3n) is 2.52. The summed E-state index contributed by atoms with van der Waals surface area (Å²) in [4.78, 5) is 11.1. The first kappa shape index (κ1) is 15.4. The molecule has 1 aromatic carbocycles. The van der Waals surface area contributed by atoms with Crippen LogP contribution in [-0.4, -0.2) is 24.7 Å². The summed E-state index contributed by atoms with van der Waals surface area (Å²) in [7, 11) is -3.69. The van der Waals surface area contributed by atoms with E-state index in [4.69, 9.17) is 5.11 Å². The number of carboxylic acids is 1. The van der Waals surface area contributed by atoms with Gasteiger partial charge in [-0.1, -0.05) is 26.0 Å². The van der Waals surface area contributed by atoms with Crippen molar-refractivity contribution in [3.05, 3.63) is 33.4 Å². The minimum absolute atomic E-state index is 0.237. The van der Waals surface area contributed by atoms with Gasteiger partial charge in [-0.2, -0.15) is 0 Å². The number of benzene rings is 1. The zero-order valence-electron chi connectivity index (χ0n) is 10.1. The Balaban J connectivity index is 3.00. The molecule has 0 bridgehead atoms. The molecule has 1 N–H and O–H groups in total. The summed E-state index contributed by atoms with van der Waals surface area (Å²) in [5.74, 6) is -1.97. The highest BCUT2D eigenvalue weighted by atomic mass is 127. The van der Waals surface area contributed by atoms with E-state index in [-0.39, 0.29) is 5.75 Å². The second kappa shape index (κ2) is 6.01. The first-order valence-corrected chi connectivity index (χ1v) is 8.22. The first-order valence-electron chi connectivity index (χ1n) is 5.43. The molecule has 4 nitrogen and oxygen atoms in total. The normalized spacial score (nSPS) is 13.6. The van der Waals surface area contributed by atoms with Gasteiger partial charge in [0.1, 0.15) is 0 Å². The van der Waals surface area contributed by atoms with Gasteiger partial charge in [-0.15, -0.1) is 0 Å². The lowest BCUT2D eigenvalue weighted by Crippen LogP contribution is -2.35. The fourth-order valence-corrected chi connectivity index (χ4v) is 4.09. The van der Waals surface area contributed by atoms with Crippen LogP contribution in [0.3, 0.4) is 0 Å². The van der Waals surface area contributed by atoms with Gasteiger partial charge < -0.3 is 5.11 Å². The monoisotopic (exact) mass is 382 g/mol. The van der Waals surface area contributed by atoms with E-state index in [0.717, 1.165) is 3.57 Å². The van der Waals surface area contributed by atoms with Crippen molar-refractivity contribution in [2.24, 2.45) is 5.92 Å². The van der Waals surface area contributed by atoms with Gasteiger partial charge in [-0.3, -0.25) is 4.79 Å². The van der Waals surface area contributed by atoms with Crippen molar-refractivity contribution < 1.29 is 18.3 Å². The predicted molar refractivity (Wildman–Crippen MR) is 78.0 cm³/mol. The van der Waals surface area contributed by atoms with Crippen molar-refractivity contribution >= 4 is 38.4 Å². The molecule has 6 heteroatoms. The molecule has 0 spiro atoms. The molecule has 0 saturated carbocycles. The topological polar surface area (TPSA) is 71.4 Å². The van der Waals surface area contributed by atoms with E-state index >= 15 is 0 Å². The summed E-state index contributed by atoms with van der Waals surface area (Å²) in [6.07, 6.45) is 0. The highest BCUT2D eigenvalue weighted by Crippen LogP contribution is 2.19. The third-order valence-corrected chi connectivity index (χ3v) is 5.49. The third kappa shape index (κ3) is 3.94. The molecule has 1 unspecified atom stereocenters. The van der Waals surface area contributed by atoms with E-state index in [9.17, 15) is 13.2 Å². The molecular formula is C12H15IO4S. The molecule has 0 aromatic heterocycles. The van der Waals surface area contributed by atoms with Crippen LogP contribution in [0.15, 0.2) is 24.3 Å². The minimum atomic E-state index is -3.69. The number of sulfone groups is 1. The second-order valence-corrected chi connectivity index (χ2v) is 7.80. The number of rotatable bonds is 5. The molecule has 0 saturated heterocycles. The van der Waals surface area contributed by atoms with Crippen LogP contribution in [0.2, 0.25) is 0 Å². The Morgan fingerprint density at radius 2 is 1.78 bits per heavy atom. The van der Waals surface area contributed by atoms with Crippen molar-refractivity contribution in [2.45, 2.75) is 24.9 Å². The number of halogens is 1. The lowest BCUT2D eigenvalue weighted by atomic mass is 10.1. The van der Waals surface area contributed by atoms with E-state index in [1.165, 1.54) is 0 Å². The Kier molecular flexibility index (Phi) is 5.15. The van der Waals surface area contributed by atoms with Gasteiger partial charge in [0.15, 0.2) is 15.1 Å². The first-order chi connectivity index (χ1) is 8.24. The average molecular weight is 382 g/mol. The summed E-state index contributed by atoms with van der Waals surface area (Å²) in [6, 6.07) is 7.02. The van der Waals surface area contributed by atoms with Gasteiger partial charge in [0.2, 0.25) is 0 Å². The lowest BCUT2D eigenvalue weighted by molar-refractivity contribution is -0.137. The Labute approximate surface area is 120 Å². The van der Waals surface area contributed by atoms with Crippen LogP contribution in [0.5, 0.6) is 0 Å². The van der Waals surface area contributed by atoms with Gasteiger partial charge in [-0.05, 0) is 46.2 Å². The Morgan fingerprint density at radius 3 is 2.17 bits per heavy atom. The summed E-state index contributed by atoms with van der Waals surface area (Å²) >= 11 is 2.12. The smallest absolute Gasteiger partial charge is 0.322 e. The van der Waals surface area contributed by atoms with Gasteiger partial charge in [0.25, 0.3) is 0 Å². The van der Waals surface area contributed by atoms with Crippen molar-refractivity contribution in [2.75, 3.05) is 0 Å². The van der Waals surface area contributed by atoms with Gasteiger partial charge in [0, 0.05) is 3.57 Å². The SMILES string of the molecule is CC(C)C(C(=O)O)S(=O)(=O)Cc1ccc(I)cc1. The molecule has 1 atom stereocenters. The molecule has 0 fully saturated rings. The molecule has 1 aromatic rings. The van der Waals surface area contributed by atoms with Crippen molar-refractivity contribution in [3.63, 3.8) is 0 Å². The van der Waals surface area contributed by atoms with Crippen LogP contribution < -0.4 is 0 Å². The lowest BCUT2D eigenvalue weighted by Gasteiger charge is -2.16. The minimum Gasteiger partial charge on any atom is -0.480 e. The highest BCUT2D eigenvalue weighted by Gasteiger charge is 2.35. The van der Waals surface area contributed by atoms with E-state index in [1.807, 2.05) is 0 Å². The standard InChI is InChI=1S/C12H15IO4S/c1-8(2)11(12(14)15)18(16,17)7-9-3-5-10(13)6-4-9/h3-6,8,11H,7H2,1-2H3,(H,14,15). The molecular weight excluding hydrogens is 367 g/mol. The number of hydrogen-bond acceptors (Lipinski definition) is 3. The van der Waals surface area contributed by atoms with Crippen LogP contribution >= 0.6 is 22.6 Å². The molecule has 0 heterocycles. The molecule has 0 aliphatic carbocycles. The quantitative estimate of drug-likeness (QED) is 0.794. The average Bonchev–Trinajstić information content (AvgIpc) is 2.19. The number of carboxylic acid groups (broad SMARTS) is 1. The molecule has 100 valence electrons. The summed E-state index contributed by atoms with van der Waals surface area (Å²) < 4.78 is 25.2. The Morgan fingerprint density at radius 1 is 1.28 bits per heavy atom. The maximum absolute atomic E-state index is 12.1. The van der Waals surface area contributed by atoms with Crippen LogP contribution in [0.4, 0.5) is 0 Å². The largest absolute Gasteiger partial charge is 0.480 e.